The number of H-pyrrole nitrogens is 1. The predicted octanol–water partition coefficient (Wildman–Crippen LogP) is 3.67. The summed E-state index contributed by atoms with van der Waals surface area (Å²) in [5, 5.41) is 18.9. The summed E-state index contributed by atoms with van der Waals surface area (Å²) in [5.74, 6) is -0.117. The number of imidazole rings is 1. The smallest absolute Gasteiger partial charge is 0.159 e. The van der Waals surface area contributed by atoms with Crippen LogP contribution in [-0.4, -0.2) is 33.2 Å². The van der Waals surface area contributed by atoms with Crippen molar-refractivity contribution in [1.82, 2.24) is 9.97 Å². The largest absolute Gasteiger partial charge is 0.509 e. The molecule has 0 saturated carbocycles. The van der Waals surface area contributed by atoms with Crippen LogP contribution in [0.5, 0.6) is 0 Å². The third-order valence-corrected chi connectivity index (χ3v) is 4.35. The van der Waals surface area contributed by atoms with E-state index >= 15 is 0 Å². The van der Waals surface area contributed by atoms with Gasteiger partial charge in [0.2, 0.25) is 0 Å². The van der Waals surface area contributed by atoms with E-state index in [4.69, 9.17) is 5.41 Å². The van der Waals surface area contributed by atoms with Gasteiger partial charge in [-0.1, -0.05) is 12.1 Å². The Morgan fingerprint density at radius 1 is 1.31 bits per heavy atom. The first kappa shape index (κ1) is 16.0. The Hall–Kier alpha value is -3.48. The molecule has 26 heavy (non-hydrogen) atoms. The number of Topliss-reactive ketones (excluding diaryl/α,β-unsaturated/α-hetero) is 1. The molecule has 6 nitrogen and oxygen atoms in total. The number of aromatic amines is 1. The molecule has 0 unspecified atom stereocenters. The first-order chi connectivity index (χ1) is 12.4. The van der Waals surface area contributed by atoms with Gasteiger partial charge in [-0.3, -0.25) is 10.2 Å². The quantitative estimate of drug-likeness (QED) is 0.628. The number of fused-ring (bicyclic) bond motifs is 1. The van der Waals surface area contributed by atoms with Crippen molar-refractivity contribution in [1.29, 1.82) is 5.41 Å². The molecule has 0 aliphatic carbocycles. The molecule has 4 rings (SSSR count). The number of amidine groups is 1. The fraction of sp³-hybridized carbons (Fsp3) is 0.105. The first-order valence-electron chi connectivity index (χ1n) is 7.99. The molecule has 2 heterocycles. The van der Waals surface area contributed by atoms with Crippen molar-refractivity contribution in [3.05, 3.63) is 65.4 Å². The van der Waals surface area contributed by atoms with Gasteiger partial charge in [-0.05, 0) is 37.3 Å². The van der Waals surface area contributed by atoms with Gasteiger partial charge in [0.15, 0.2) is 5.78 Å². The number of halogens is 1. The third kappa shape index (κ3) is 2.54. The Balaban J connectivity index is 1.72. The van der Waals surface area contributed by atoms with Gasteiger partial charge >= 0.3 is 0 Å². The van der Waals surface area contributed by atoms with E-state index in [-0.39, 0.29) is 29.5 Å². The normalized spacial score (nSPS) is 14.5. The molecule has 0 bridgehead atoms. The highest BCUT2D eigenvalue weighted by Gasteiger charge is 2.31. The highest BCUT2D eigenvalue weighted by molar-refractivity contribution is 6.30. The van der Waals surface area contributed by atoms with Crippen LogP contribution in [0.3, 0.4) is 0 Å². The van der Waals surface area contributed by atoms with Crippen LogP contribution in [0.25, 0.3) is 16.6 Å². The summed E-state index contributed by atoms with van der Waals surface area (Å²) in [6.45, 7) is 1.57. The number of carbonyl (C=O) groups is 1. The number of ketones is 1. The van der Waals surface area contributed by atoms with Crippen LogP contribution in [-0.2, 0) is 0 Å². The second kappa shape index (κ2) is 5.80. The number of benzene rings is 2. The van der Waals surface area contributed by atoms with Gasteiger partial charge in [-0.25, -0.2) is 9.37 Å². The number of aromatic nitrogens is 2. The molecule has 3 aromatic rings. The molecular formula is C19H15FN4O2. The number of aliphatic hydroxyl groups is 1. The van der Waals surface area contributed by atoms with E-state index in [2.05, 4.69) is 9.97 Å². The minimum absolute atomic E-state index is 0.0113. The fourth-order valence-corrected chi connectivity index (χ4v) is 3.04. The average Bonchev–Trinajstić information content (AvgIpc) is 3.14. The molecule has 0 saturated heterocycles. The monoisotopic (exact) mass is 350 g/mol. The number of nitrogens with one attached hydrogen (secondary N) is 2. The van der Waals surface area contributed by atoms with Crippen LogP contribution >= 0.6 is 0 Å². The zero-order valence-corrected chi connectivity index (χ0v) is 13.9. The average molecular weight is 350 g/mol. The highest BCUT2D eigenvalue weighted by atomic mass is 19.1. The number of anilines is 1. The van der Waals surface area contributed by atoms with E-state index in [1.165, 1.54) is 25.1 Å². The Kier molecular flexibility index (Phi) is 3.57. The molecule has 1 aliphatic heterocycles. The zero-order chi connectivity index (χ0) is 18.4. The van der Waals surface area contributed by atoms with E-state index < -0.39 is 5.82 Å². The van der Waals surface area contributed by atoms with Crippen LogP contribution in [0.4, 0.5) is 10.1 Å². The predicted molar refractivity (Wildman–Crippen MR) is 97.1 cm³/mol. The Bertz CT molecular complexity index is 1100. The minimum Gasteiger partial charge on any atom is -0.509 e. The van der Waals surface area contributed by atoms with Crippen molar-refractivity contribution in [2.24, 2.45) is 0 Å². The maximum Gasteiger partial charge on any atom is 0.159 e. The lowest BCUT2D eigenvalue weighted by molar-refractivity contribution is 0.101. The van der Waals surface area contributed by atoms with E-state index in [0.717, 1.165) is 0 Å². The molecular weight excluding hydrogens is 335 g/mol. The molecule has 0 fully saturated rings. The molecule has 130 valence electrons. The summed E-state index contributed by atoms with van der Waals surface area (Å²) < 4.78 is 13.4. The maximum absolute atomic E-state index is 13.4. The summed E-state index contributed by atoms with van der Waals surface area (Å²) in [5.41, 5.74) is 2.46. The second-order valence-corrected chi connectivity index (χ2v) is 6.11. The number of carbonyl (C=O) groups excluding carboxylic acids is 1. The van der Waals surface area contributed by atoms with Gasteiger partial charge in [0.1, 0.15) is 23.2 Å². The van der Waals surface area contributed by atoms with E-state index in [1.807, 2.05) is 0 Å². The van der Waals surface area contributed by atoms with Gasteiger partial charge in [0.05, 0.1) is 23.2 Å². The van der Waals surface area contributed by atoms with Gasteiger partial charge in [-0.2, -0.15) is 0 Å². The third-order valence-electron chi connectivity index (χ3n) is 4.35. The Morgan fingerprint density at radius 3 is 2.88 bits per heavy atom. The Labute approximate surface area is 148 Å². The lowest BCUT2D eigenvalue weighted by Crippen LogP contribution is -2.26. The van der Waals surface area contributed by atoms with Crippen LogP contribution in [0, 0.1) is 11.2 Å². The molecule has 0 spiro atoms. The number of hydrogen-bond acceptors (Lipinski definition) is 4. The summed E-state index contributed by atoms with van der Waals surface area (Å²) in [6, 6.07) is 11.0. The van der Waals surface area contributed by atoms with Crippen molar-refractivity contribution in [2.75, 3.05) is 11.4 Å². The minimum atomic E-state index is -0.393. The van der Waals surface area contributed by atoms with Crippen LogP contribution < -0.4 is 4.90 Å². The van der Waals surface area contributed by atoms with Gasteiger partial charge < -0.3 is 15.0 Å². The molecule has 0 radical (unpaired) electrons. The molecule has 3 N–H and O–H groups in total. The highest BCUT2D eigenvalue weighted by Crippen LogP contribution is 2.31. The zero-order valence-electron chi connectivity index (χ0n) is 13.9. The summed E-state index contributed by atoms with van der Waals surface area (Å²) in [6.07, 6.45) is 0. The number of aliphatic hydroxyl groups excluding tert-OH is 1. The van der Waals surface area contributed by atoms with Crippen molar-refractivity contribution >= 4 is 33.9 Å². The van der Waals surface area contributed by atoms with Gasteiger partial charge in [0, 0.05) is 11.3 Å². The topological polar surface area (TPSA) is 93.1 Å². The molecule has 0 amide bonds. The number of rotatable bonds is 3. The first-order valence-corrected chi connectivity index (χ1v) is 7.99. The number of nitrogens with zero attached hydrogens (tertiary/aromatic N) is 2. The van der Waals surface area contributed by atoms with Gasteiger partial charge in [0.25, 0.3) is 0 Å². The van der Waals surface area contributed by atoms with Crippen LogP contribution in [0.2, 0.25) is 0 Å². The Morgan fingerprint density at radius 2 is 2.12 bits per heavy atom. The maximum atomic E-state index is 13.4. The summed E-state index contributed by atoms with van der Waals surface area (Å²) in [4.78, 5) is 20.5. The SMILES string of the molecule is CC(=O)c1cccc(N2CC(O)=C(c3nc4ccc(F)cc4[nH]3)C2=N)c1. The molecule has 7 heteroatoms. The second-order valence-electron chi connectivity index (χ2n) is 6.11. The summed E-state index contributed by atoms with van der Waals surface area (Å²) in [7, 11) is 0. The van der Waals surface area contributed by atoms with Crippen molar-refractivity contribution in [2.45, 2.75) is 6.92 Å². The van der Waals surface area contributed by atoms with Crippen LogP contribution in [0.15, 0.2) is 48.2 Å². The molecule has 1 aliphatic rings. The lowest BCUT2D eigenvalue weighted by atomic mass is 10.1. The van der Waals surface area contributed by atoms with E-state index in [1.54, 1.807) is 29.2 Å². The van der Waals surface area contributed by atoms with Crippen molar-refractivity contribution in [3.8, 4) is 0 Å². The lowest BCUT2D eigenvalue weighted by Gasteiger charge is -2.19. The van der Waals surface area contributed by atoms with Gasteiger partial charge in [-0.15, -0.1) is 0 Å². The molecule has 0 atom stereocenters. The number of hydrogen-bond donors (Lipinski definition) is 3. The fourth-order valence-electron chi connectivity index (χ4n) is 3.04. The van der Waals surface area contributed by atoms with E-state index in [9.17, 15) is 14.3 Å². The van der Waals surface area contributed by atoms with Crippen LogP contribution in [0.1, 0.15) is 23.1 Å². The molecule has 2 aromatic carbocycles. The molecule has 1 aromatic heterocycles. The van der Waals surface area contributed by atoms with E-state index in [0.29, 0.717) is 28.1 Å². The summed E-state index contributed by atoms with van der Waals surface area (Å²) >= 11 is 0. The van der Waals surface area contributed by atoms with Crippen molar-refractivity contribution < 1.29 is 14.3 Å². The standard InChI is InChI=1S/C19H15FN4O2/c1-10(25)11-3-2-4-13(7-11)24-9-16(26)17(18(24)21)19-22-14-6-5-12(20)8-15(14)23-19/h2-8,21,26H,9H2,1H3,(H,22,23). The van der Waals surface area contributed by atoms with Crippen molar-refractivity contribution in [3.63, 3.8) is 0 Å².